The number of nitrogens with zero attached hydrogens (tertiary/aromatic N) is 1. The van der Waals surface area contributed by atoms with Crippen molar-refractivity contribution in [1.29, 1.82) is 0 Å². The standard InChI is InChI=1S/C16H18N2O2/c17-9-12-8-11-7-10-3-1-5-18-6-2-4-13(14(10)18)15(11)20-16(12)19/h7-8H,1-6,9,17H2. The summed E-state index contributed by atoms with van der Waals surface area (Å²) in [4.78, 5) is 14.4. The van der Waals surface area contributed by atoms with Gasteiger partial charge in [0.05, 0.1) is 5.56 Å². The lowest BCUT2D eigenvalue weighted by atomic mass is 9.90. The van der Waals surface area contributed by atoms with Crippen LogP contribution in [-0.4, -0.2) is 13.1 Å². The normalized spacial score (nSPS) is 17.4. The summed E-state index contributed by atoms with van der Waals surface area (Å²) in [5, 5.41) is 1.03. The molecule has 104 valence electrons. The van der Waals surface area contributed by atoms with Crippen molar-refractivity contribution < 1.29 is 4.42 Å². The SMILES string of the molecule is NCc1cc2cc3c4c(c2oc1=O)CCCN4CCC3. The summed E-state index contributed by atoms with van der Waals surface area (Å²) in [6.07, 6.45) is 4.46. The molecule has 0 aliphatic carbocycles. The van der Waals surface area contributed by atoms with Gasteiger partial charge in [0, 0.05) is 36.3 Å². The van der Waals surface area contributed by atoms with Crippen molar-refractivity contribution in [2.75, 3.05) is 18.0 Å². The minimum atomic E-state index is -0.288. The molecule has 2 aliphatic heterocycles. The van der Waals surface area contributed by atoms with Crippen molar-refractivity contribution >= 4 is 16.7 Å². The predicted octanol–water partition coefficient (Wildman–Crippen LogP) is 1.95. The minimum Gasteiger partial charge on any atom is -0.422 e. The highest BCUT2D eigenvalue weighted by Crippen LogP contribution is 2.39. The van der Waals surface area contributed by atoms with Crippen LogP contribution in [0.25, 0.3) is 11.0 Å². The van der Waals surface area contributed by atoms with Gasteiger partial charge in [-0.3, -0.25) is 0 Å². The molecule has 0 amide bonds. The summed E-state index contributed by atoms with van der Waals surface area (Å²) in [6, 6.07) is 4.10. The van der Waals surface area contributed by atoms with Gasteiger partial charge in [-0.1, -0.05) is 0 Å². The van der Waals surface area contributed by atoms with Crippen LogP contribution in [0.2, 0.25) is 0 Å². The molecule has 0 unspecified atom stereocenters. The van der Waals surface area contributed by atoms with Crippen molar-refractivity contribution in [3.8, 4) is 0 Å². The maximum Gasteiger partial charge on any atom is 0.340 e. The Hall–Kier alpha value is -1.81. The van der Waals surface area contributed by atoms with Crippen molar-refractivity contribution in [3.63, 3.8) is 0 Å². The molecule has 2 N–H and O–H groups in total. The second-order valence-electron chi connectivity index (χ2n) is 5.74. The average molecular weight is 270 g/mol. The van der Waals surface area contributed by atoms with Gasteiger partial charge < -0.3 is 15.1 Å². The van der Waals surface area contributed by atoms with Crippen LogP contribution in [0, 0.1) is 0 Å². The van der Waals surface area contributed by atoms with Gasteiger partial charge in [0.25, 0.3) is 0 Å². The summed E-state index contributed by atoms with van der Waals surface area (Å²) < 4.78 is 5.59. The van der Waals surface area contributed by atoms with E-state index in [9.17, 15) is 4.79 Å². The lowest BCUT2D eigenvalue weighted by Crippen LogP contribution is -2.34. The molecule has 0 spiro atoms. The van der Waals surface area contributed by atoms with E-state index in [1.165, 1.54) is 23.2 Å². The third kappa shape index (κ3) is 1.61. The molecular weight excluding hydrogens is 252 g/mol. The Labute approximate surface area is 117 Å². The van der Waals surface area contributed by atoms with Crippen LogP contribution in [-0.2, 0) is 19.4 Å². The highest BCUT2D eigenvalue weighted by atomic mass is 16.4. The highest BCUT2D eigenvalue weighted by Gasteiger charge is 2.26. The second kappa shape index (κ2) is 4.35. The first-order valence-corrected chi connectivity index (χ1v) is 7.34. The Balaban J connectivity index is 2.07. The Morgan fingerprint density at radius 2 is 2.00 bits per heavy atom. The lowest BCUT2D eigenvalue weighted by molar-refractivity contribution is 0.540. The molecule has 20 heavy (non-hydrogen) atoms. The molecule has 4 heteroatoms. The van der Waals surface area contributed by atoms with E-state index in [2.05, 4.69) is 11.0 Å². The lowest BCUT2D eigenvalue weighted by Gasteiger charge is -2.37. The molecule has 0 saturated heterocycles. The molecule has 0 atom stereocenters. The fraction of sp³-hybridized carbons (Fsp3) is 0.438. The van der Waals surface area contributed by atoms with E-state index in [0.717, 1.165) is 43.3 Å². The number of fused-ring (bicyclic) bond motifs is 2. The van der Waals surface area contributed by atoms with Crippen molar-refractivity contribution in [3.05, 3.63) is 39.2 Å². The molecule has 1 aromatic heterocycles. The molecule has 0 saturated carbocycles. The predicted molar refractivity (Wildman–Crippen MR) is 79.2 cm³/mol. The van der Waals surface area contributed by atoms with Crippen LogP contribution >= 0.6 is 0 Å². The number of aryl methyl sites for hydroxylation is 2. The van der Waals surface area contributed by atoms with Crippen LogP contribution in [0.15, 0.2) is 21.3 Å². The number of benzene rings is 1. The minimum absolute atomic E-state index is 0.233. The molecular formula is C16H18N2O2. The van der Waals surface area contributed by atoms with Gasteiger partial charge in [-0.05, 0) is 43.4 Å². The third-order valence-corrected chi connectivity index (χ3v) is 4.51. The van der Waals surface area contributed by atoms with Gasteiger partial charge >= 0.3 is 5.63 Å². The molecule has 2 aromatic rings. The summed E-state index contributed by atoms with van der Waals surface area (Å²) in [5.74, 6) is 0. The largest absolute Gasteiger partial charge is 0.422 e. The Morgan fingerprint density at radius 1 is 1.20 bits per heavy atom. The summed E-state index contributed by atoms with van der Waals surface area (Å²) in [6.45, 7) is 2.48. The van der Waals surface area contributed by atoms with Gasteiger partial charge in [-0.25, -0.2) is 4.79 Å². The van der Waals surface area contributed by atoms with E-state index >= 15 is 0 Å². The molecule has 0 bridgehead atoms. The number of nitrogens with two attached hydrogens (primary N) is 1. The first-order valence-electron chi connectivity index (χ1n) is 7.34. The van der Waals surface area contributed by atoms with Crippen LogP contribution in [0.3, 0.4) is 0 Å². The topological polar surface area (TPSA) is 59.5 Å². The van der Waals surface area contributed by atoms with Gasteiger partial charge in [-0.15, -0.1) is 0 Å². The smallest absolute Gasteiger partial charge is 0.340 e. The third-order valence-electron chi connectivity index (χ3n) is 4.51. The molecule has 2 aliphatic rings. The molecule has 4 rings (SSSR count). The summed E-state index contributed by atoms with van der Waals surface area (Å²) in [7, 11) is 0. The Kier molecular flexibility index (Phi) is 2.60. The van der Waals surface area contributed by atoms with Gasteiger partial charge in [0.2, 0.25) is 0 Å². The maximum absolute atomic E-state index is 11.9. The number of hydrogen-bond acceptors (Lipinski definition) is 4. The number of hydrogen-bond donors (Lipinski definition) is 1. The molecule has 1 aromatic carbocycles. The summed E-state index contributed by atoms with van der Waals surface area (Å²) in [5.41, 5.74) is 10.6. The summed E-state index contributed by atoms with van der Waals surface area (Å²) >= 11 is 0. The van der Waals surface area contributed by atoms with E-state index < -0.39 is 0 Å². The van der Waals surface area contributed by atoms with E-state index in [1.807, 2.05) is 6.07 Å². The number of anilines is 1. The Morgan fingerprint density at radius 3 is 2.80 bits per heavy atom. The van der Waals surface area contributed by atoms with Crippen molar-refractivity contribution in [2.24, 2.45) is 5.73 Å². The fourth-order valence-electron chi connectivity index (χ4n) is 3.63. The van der Waals surface area contributed by atoms with Crippen molar-refractivity contribution in [1.82, 2.24) is 0 Å². The van der Waals surface area contributed by atoms with Crippen LogP contribution in [0.5, 0.6) is 0 Å². The fourth-order valence-corrected chi connectivity index (χ4v) is 3.63. The molecule has 0 radical (unpaired) electrons. The second-order valence-corrected chi connectivity index (χ2v) is 5.74. The van der Waals surface area contributed by atoms with Gasteiger partial charge in [-0.2, -0.15) is 0 Å². The van der Waals surface area contributed by atoms with Crippen LogP contribution in [0.4, 0.5) is 5.69 Å². The quantitative estimate of drug-likeness (QED) is 0.805. The zero-order valence-corrected chi connectivity index (χ0v) is 11.4. The number of rotatable bonds is 1. The first-order chi connectivity index (χ1) is 9.78. The molecule has 4 nitrogen and oxygen atoms in total. The zero-order valence-electron chi connectivity index (χ0n) is 11.4. The zero-order chi connectivity index (χ0) is 13.7. The van der Waals surface area contributed by atoms with E-state index in [-0.39, 0.29) is 12.2 Å². The maximum atomic E-state index is 11.9. The van der Waals surface area contributed by atoms with E-state index in [1.54, 1.807) is 0 Å². The van der Waals surface area contributed by atoms with E-state index in [0.29, 0.717) is 5.56 Å². The van der Waals surface area contributed by atoms with Crippen LogP contribution < -0.4 is 16.3 Å². The van der Waals surface area contributed by atoms with Crippen molar-refractivity contribution in [2.45, 2.75) is 32.2 Å². The van der Waals surface area contributed by atoms with Gasteiger partial charge in [0.15, 0.2) is 0 Å². The Bertz CT molecular complexity index is 746. The van der Waals surface area contributed by atoms with Gasteiger partial charge in [0.1, 0.15) is 5.58 Å². The highest BCUT2D eigenvalue weighted by molar-refractivity contribution is 5.88. The molecule has 0 fully saturated rings. The average Bonchev–Trinajstić information content (AvgIpc) is 2.48. The van der Waals surface area contributed by atoms with E-state index in [4.69, 9.17) is 10.2 Å². The first kappa shape index (κ1) is 12.0. The molecule has 3 heterocycles. The monoisotopic (exact) mass is 270 g/mol. The van der Waals surface area contributed by atoms with Crippen LogP contribution in [0.1, 0.15) is 29.5 Å².